The van der Waals surface area contributed by atoms with Gasteiger partial charge in [-0.1, -0.05) is 24.5 Å². The van der Waals surface area contributed by atoms with E-state index in [9.17, 15) is 9.59 Å². The smallest absolute Gasteiger partial charge is 0.264 e. The van der Waals surface area contributed by atoms with Crippen LogP contribution in [0.15, 0.2) is 23.8 Å². The molecule has 1 aromatic rings. The summed E-state index contributed by atoms with van der Waals surface area (Å²) in [6.07, 6.45) is 12.5. The van der Waals surface area contributed by atoms with Gasteiger partial charge in [0.05, 0.1) is 11.4 Å². The summed E-state index contributed by atoms with van der Waals surface area (Å²) in [4.78, 5) is 29.0. The second-order valence-electron chi connectivity index (χ2n) is 7.54. The number of hydrogen-bond donors (Lipinski definition) is 1. The zero-order valence-electron chi connectivity index (χ0n) is 15.8. The standard InChI is InChI=1S/C21H30N2O2S/c1-16-11-12-19(26-16)21(25)23(14-13-17-7-3-2-4-8-17)15-20(24)22-18-9-5-6-10-18/h7,11-12,18H,2-6,8-10,13-15H2,1H3,(H,22,24). The lowest BCUT2D eigenvalue weighted by Crippen LogP contribution is -2.43. The van der Waals surface area contributed by atoms with E-state index in [0.717, 1.165) is 41.9 Å². The number of thiophene rings is 1. The molecular formula is C21H30N2O2S. The quantitative estimate of drug-likeness (QED) is 0.717. The third-order valence-electron chi connectivity index (χ3n) is 5.38. The first kappa shape index (κ1) is 19.2. The second-order valence-corrected chi connectivity index (χ2v) is 8.83. The number of hydrogen-bond acceptors (Lipinski definition) is 3. The van der Waals surface area contributed by atoms with Crippen molar-refractivity contribution in [3.63, 3.8) is 0 Å². The van der Waals surface area contributed by atoms with Crippen molar-refractivity contribution >= 4 is 23.2 Å². The minimum Gasteiger partial charge on any atom is -0.352 e. The summed E-state index contributed by atoms with van der Waals surface area (Å²) < 4.78 is 0. The molecular weight excluding hydrogens is 344 g/mol. The van der Waals surface area contributed by atoms with E-state index in [1.165, 1.54) is 42.6 Å². The van der Waals surface area contributed by atoms with E-state index in [4.69, 9.17) is 0 Å². The van der Waals surface area contributed by atoms with Crippen LogP contribution >= 0.6 is 11.3 Å². The summed E-state index contributed by atoms with van der Waals surface area (Å²) in [5, 5.41) is 3.11. The predicted molar refractivity (Wildman–Crippen MR) is 107 cm³/mol. The molecule has 0 spiro atoms. The van der Waals surface area contributed by atoms with Crippen LogP contribution in [-0.2, 0) is 4.79 Å². The van der Waals surface area contributed by atoms with Crippen LogP contribution < -0.4 is 5.32 Å². The molecule has 1 N–H and O–H groups in total. The number of amides is 2. The van der Waals surface area contributed by atoms with Gasteiger partial charge in [-0.05, 0) is 64.0 Å². The number of carbonyl (C=O) groups excluding carboxylic acids is 2. The first-order chi connectivity index (χ1) is 12.6. The molecule has 0 saturated heterocycles. The van der Waals surface area contributed by atoms with Gasteiger partial charge in [-0.25, -0.2) is 0 Å². The van der Waals surface area contributed by atoms with Crippen LogP contribution in [0, 0.1) is 6.92 Å². The molecule has 0 aromatic carbocycles. The highest BCUT2D eigenvalue weighted by Gasteiger charge is 2.23. The van der Waals surface area contributed by atoms with Gasteiger partial charge in [0.1, 0.15) is 0 Å². The van der Waals surface area contributed by atoms with Crippen LogP contribution in [-0.4, -0.2) is 35.8 Å². The number of carbonyl (C=O) groups is 2. The summed E-state index contributed by atoms with van der Waals surface area (Å²) in [5.41, 5.74) is 1.44. The molecule has 2 amide bonds. The number of aryl methyl sites for hydroxylation is 1. The predicted octanol–water partition coefficient (Wildman–Crippen LogP) is 4.45. The Balaban J connectivity index is 1.62. The molecule has 0 atom stereocenters. The van der Waals surface area contributed by atoms with Crippen molar-refractivity contribution in [2.45, 2.75) is 70.8 Å². The van der Waals surface area contributed by atoms with E-state index in [-0.39, 0.29) is 18.4 Å². The molecule has 1 aromatic heterocycles. The molecule has 1 saturated carbocycles. The normalized spacial score (nSPS) is 17.8. The molecule has 2 aliphatic carbocycles. The van der Waals surface area contributed by atoms with Gasteiger partial charge in [-0.2, -0.15) is 0 Å². The van der Waals surface area contributed by atoms with Crippen molar-refractivity contribution in [2.75, 3.05) is 13.1 Å². The van der Waals surface area contributed by atoms with Crippen LogP contribution in [0.2, 0.25) is 0 Å². The van der Waals surface area contributed by atoms with Crippen molar-refractivity contribution in [2.24, 2.45) is 0 Å². The SMILES string of the molecule is Cc1ccc(C(=O)N(CCC2=CCCCC2)CC(=O)NC2CCCC2)s1. The van der Waals surface area contributed by atoms with Crippen LogP contribution in [0.4, 0.5) is 0 Å². The lowest BCUT2D eigenvalue weighted by Gasteiger charge is -2.24. The molecule has 3 rings (SSSR count). The Morgan fingerprint density at radius 1 is 1.19 bits per heavy atom. The van der Waals surface area contributed by atoms with Crippen LogP contribution in [0.1, 0.15) is 72.3 Å². The van der Waals surface area contributed by atoms with E-state index in [1.807, 2.05) is 19.1 Å². The third kappa shape index (κ3) is 5.44. The highest BCUT2D eigenvalue weighted by Crippen LogP contribution is 2.22. The molecule has 0 bridgehead atoms. The monoisotopic (exact) mass is 374 g/mol. The van der Waals surface area contributed by atoms with Crippen molar-refractivity contribution in [3.05, 3.63) is 33.5 Å². The Hall–Kier alpha value is -1.62. The minimum absolute atomic E-state index is 0.0129. The van der Waals surface area contributed by atoms with E-state index in [0.29, 0.717) is 12.6 Å². The molecule has 5 heteroatoms. The lowest BCUT2D eigenvalue weighted by molar-refractivity contribution is -0.122. The van der Waals surface area contributed by atoms with E-state index in [1.54, 1.807) is 4.90 Å². The van der Waals surface area contributed by atoms with Gasteiger partial charge in [0.2, 0.25) is 5.91 Å². The van der Waals surface area contributed by atoms with Gasteiger partial charge in [0.15, 0.2) is 0 Å². The highest BCUT2D eigenvalue weighted by atomic mass is 32.1. The second kappa shape index (κ2) is 9.36. The van der Waals surface area contributed by atoms with Crippen LogP contribution in [0.5, 0.6) is 0 Å². The summed E-state index contributed by atoms with van der Waals surface area (Å²) in [7, 11) is 0. The zero-order chi connectivity index (χ0) is 18.4. The van der Waals surface area contributed by atoms with Gasteiger partial charge >= 0.3 is 0 Å². The van der Waals surface area contributed by atoms with Crippen molar-refractivity contribution in [3.8, 4) is 0 Å². The largest absolute Gasteiger partial charge is 0.352 e. The number of nitrogens with zero attached hydrogens (tertiary/aromatic N) is 1. The minimum atomic E-state index is -0.0175. The summed E-state index contributed by atoms with van der Waals surface area (Å²) >= 11 is 1.51. The Labute approximate surface area is 160 Å². The van der Waals surface area contributed by atoms with Crippen molar-refractivity contribution in [1.29, 1.82) is 0 Å². The fraction of sp³-hybridized carbons (Fsp3) is 0.619. The fourth-order valence-electron chi connectivity index (χ4n) is 3.88. The zero-order valence-corrected chi connectivity index (χ0v) is 16.6. The maximum atomic E-state index is 12.9. The van der Waals surface area contributed by atoms with Crippen molar-refractivity contribution in [1.82, 2.24) is 10.2 Å². The Bertz CT molecular complexity index is 659. The molecule has 4 nitrogen and oxygen atoms in total. The van der Waals surface area contributed by atoms with Crippen molar-refractivity contribution < 1.29 is 9.59 Å². The van der Waals surface area contributed by atoms with E-state index in [2.05, 4.69) is 11.4 Å². The molecule has 142 valence electrons. The van der Waals surface area contributed by atoms with Gasteiger partial charge in [0, 0.05) is 17.5 Å². The molecule has 1 fully saturated rings. The first-order valence-corrected chi connectivity index (χ1v) is 10.8. The average Bonchev–Trinajstić information content (AvgIpc) is 3.30. The Morgan fingerprint density at radius 2 is 2.00 bits per heavy atom. The molecule has 1 heterocycles. The molecule has 0 radical (unpaired) electrons. The van der Waals surface area contributed by atoms with Crippen LogP contribution in [0.3, 0.4) is 0 Å². The van der Waals surface area contributed by atoms with Gasteiger partial charge in [-0.15, -0.1) is 11.3 Å². The summed E-state index contributed by atoms with van der Waals surface area (Å²) in [5.74, 6) is -0.0303. The number of allylic oxidation sites excluding steroid dienone is 1. The van der Waals surface area contributed by atoms with Gasteiger partial charge < -0.3 is 10.2 Å². The average molecular weight is 375 g/mol. The number of nitrogens with one attached hydrogen (secondary N) is 1. The molecule has 2 aliphatic rings. The summed E-state index contributed by atoms with van der Waals surface area (Å²) in [6.45, 7) is 2.80. The lowest BCUT2D eigenvalue weighted by atomic mass is 9.97. The summed E-state index contributed by atoms with van der Waals surface area (Å²) in [6, 6.07) is 4.15. The van der Waals surface area contributed by atoms with Crippen LogP contribution in [0.25, 0.3) is 0 Å². The Morgan fingerprint density at radius 3 is 2.65 bits per heavy atom. The number of rotatable bonds is 7. The van der Waals surface area contributed by atoms with E-state index >= 15 is 0 Å². The van der Waals surface area contributed by atoms with Gasteiger partial charge in [-0.3, -0.25) is 9.59 Å². The topological polar surface area (TPSA) is 49.4 Å². The maximum absolute atomic E-state index is 12.9. The fourth-order valence-corrected chi connectivity index (χ4v) is 4.72. The van der Waals surface area contributed by atoms with Gasteiger partial charge in [0.25, 0.3) is 5.91 Å². The maximum Gasteiger partial charge on any atom is 0.264 e. The highest BCUT2D eigenvalue weighted by molar-refractivity contribution is 7.13. The van der Waals surface area contributed by atoms with E-state index < -0.39 is 0 Å². The third-order valence-corrected chi connectivity index (χ3v) is 6.37. The molecule has 26 heavy (non-hydrogen) atoms. The first-order valence-electron chi connectivity index (χ1n) is 9.95. The molecule has 0 aliphatic heterocycles. The Kier molecular flexibility index (Phi) is 6.89. The molecule has 0 unspecified atom stereocenters.